The molecule has 0 fully saturated rings. The van der Waals surface area contributed by atoms with Crippen molar-refractivity contribution in [3.05, 3.63) is 0 Å². The van der Waals surface area contributed by atoms with E-state index < -0.39 is 12.3 Å². The Labute approximate surface area is 85.7 Å². The van der Waals surface area contributed by atoms with Gasteiger partial charge in [-0.2, -0.15) is 0 Å². The molecule has 0 radical (unpaired) electrons. The standard InChI is InChI=1S/2CH2O3.2H3N.2H2O.Zn/c2*2-1(3)4;;;;;/h2*(H2,2,3,4);2*1H3;2*1H2;. The van der Waals surface area contributed by atoms with Crippen LogP contribution in [0.1, 0.15) is 0 Å². The third-order valence-electron chi connectivity index (χ3n) is 0. The van der Waals surface area contributed by atoms with Gasteiger partial charge in [0.2, 0.25) is 12.3 Å². The minimum Gasteiger partial charge on any atom is -0.565 e. The van der Waals surface area contributed by atoms with Crippen molar-refractivity contribution in [3.63, 3.8) is 0 Å². The molecule has 0 spiro atoms. The van der Waals surface area contributed by atoms with Crippen LogP contribution in [-0.4, -0.2) is 33.5 Å². The minimum atomic E-state index is -2.08. The molecule has 0 rings (SSSR count). The van der Waals surface area contributed by atoms with Crippen LogP contribution in [0, 0.1) is 0 Å². The van der Waals surface area contributed by atoms with E-state index >= 15 is 0 Å². The largest absolute Gasteiger partial charge is 0.565 e. The van der Waals surface area contributed by atoms with Crippen LogP contribution in [0.15, 0.2) is 0 Å². The maximum Gasteiger partial charge on any atom is 0.249 e. The normalized spacial score (nSPS) is 3.69. The van der Waals surface area contributed by atoms with Crippen LogP contribution in [0.4, 0.5) is 9.59 Å². The topological polar surface area (TPSA) is 257 Å². The Kier molecular flexibility index (Phi) is 196. The van der Waals surface area contributed by atoms with Crippen molar-refractivity contribution in [1.29, 1.82) is 0 Å². The van der Waals surface area contributed by atoms with Crippen molar-refractivity contribution >= 4 is 12.3 Å². The summed E-state index contributed by atoms with van der Waals surface area (Å²) in [4.78, 5) is 16.9. The van der Waals surface area contributed by atoms with E-state index in [1.54, 1.807) is 0 Å². The van der Waals surface area contributed by atoms with Crippen molar-refractivity contribution in [3.8, 4) is 0 Å². The molecule has 0 aromatic heterocycles. The Morgan fingerprint density at radius 1 is 0.846 bits per heavy atom. The second kappa shape index (κ2) is 44.0. The zero-order valence-electron chi connectivity index (χ0n) is 7.23. The zero-order chi connectivity index (χ0) is 7.15. The van der Waals surface area contributed by atoms with E-state index in [9.17, 15) is 0 Å². The monoisotopic (exact) mass is 258 g/mol. The van der Waals surface area contributed by atoms with Crippen molar-refractivity contribution in [2.45, 2.75) is 0 Å². The van der Waals surface area contributed by atoms with E-state index in [4.69, 9.17) is 30.0 Å². The smallest absolute Gasteiger partial charge is 0.249 e. The Morgan fingerprint density at radius 3 is 0.846 bits per heavy atom. The van der Waals surface area contributed by atoms with Gasteiger partial charge in [0.15, 0.2) is 0 Å². The van der Waals surface area contributed by atoms with Gasteiger partial charge in [-0.05, 0) is 0 Å². The van der Waals surface area contributed by atoms with Crippen LogP contribution in [-0.2, 0) is 19.5 Å². The van der Waals surface area contributed by atoms with Crippen LogP contribution in [0.3, 0.4) is 0 Å². The van der Waals surface area contributed by atoms with Crippen LogP contribution in [0.2, 0.25) is 0 Å². The van der Waals surface area contributed by atoms with Crippen molar-refractivity contribution in [1.82, 2.24) is 12.3 Å². The molecule has 0 aromatic rings. The summed E-state index contributed by atoms with van der Waals surface area (Å²) in [5.74, 6) is 0. The molecule has 0 aliphatic rings. The molecule has 0 heterocycles. The number of hydrogen-bond donors (Lipinski definition) is 4. The molecule has 11 heteroatoms. The second-order valence-corrected chi connectivity index (χ2v) is 0.532. The predicted molar refractivity (Wildman–Crippen MR) is 35.2 cm³/mol. The van der Waals surface area contributed by atoms with E-state index in [2.05, 4.69) is 0 Å². The third-order valence-corrected chi connectivity index (χ3v) is 0. The molecule has 82 valence electrons. The first-order chi connectivity index (χ1) is 3.46. The summed E-state index contributed by atoms with van der Waals surface area (Å²) in [6, 6.07) is 0. The SMILES string of the molecule is O.O.O=C([O-])O.O=C([O-])O.[NH4+].[NH4+].[Zn]. The molecular formula is C2H14N2O8Zn. The summed E-state index contributed by atoms with van der Waals surface area (Å²) in [5.41, 5.74) is 0. The van der Waals surface area contributed by atoms with Gasteiger partial charge in [0.05, 0.1) is 0 Å². The van der Waals surface area contributed by atoms with Crippen LogP contribution < -0.4 is 22.5 Å². The van der Waals surface area contributed by atoms with Crippen LogP contribution in [0.5, 0.6) is 0 Å². The average Bonchev–Trinajstić information content (AvgIpc) is 1.25. The Balaban J connectivity index is -0.00000000800. The van der Waals surface area contributed by atoms with Gasteiger partial charge in [0.1, 0.15) is 0 Å². The molecular weight excluding hydrogens is 245 g/mol. The molecule has 10 nitrogen and oxygen atoms in total. The van der Waals surface area contributed by atoms with E-state index in [0.29, 0.717) is 0 Å². The van der Waals surface area contributed by atoms with Crippen LogP contribution in [0.25, 0.3) is 0 Å². The Hall–Kier alpha value is -0.997. The number of quaternary nitrogens is 2. The predicted octanol–water partition coefficient (Wildman–Crippen LogP) is -3.12. The summed E-state index contributed by atoms with van der Waals surface area (Å²) in [6.45, 7) is 0. The van der Waals surface area contributed by atoms with Crippen LogP contribution >= 0.6 is 0 Å². The first-order valence-electron chi connectivity index (χ1n) is 1.26. The van der Waals surface area contributed by atoms with Crippen molar-refractivity contribution < 1.29 is 60.4 Å². The van der Waals surface area contributed by atoms with E-state index in [-0.39, 0.29) is 42.7 Å². The first-order valence-corrected chi connectivity index (χ1v) is 1.26. The molecule has 0 atom stereocenters. The van der Waals surface area contributed by atoms with Gasteiger partial charge in [-0.15, -0.1) is 0 Å². The van der Waals surface area contributed by atoms with Gasteiger partial charge in [-0.25, -0.2) is 0 Å². The summed E-state index contributed by atoms with van der Waals surface area (Å²) in [6.07, 6.45) is -4.17. The maximum absolute atomic E-state index is 8.44. The molecule has 0 saturated carbocycles. The first kappa shape index (κ1) is 58.1. The van der Waals surface area contributed by atoms with E-state index in [1.807, 2.05) is 0 Å². The van der Waals surface area contributed by atoms with Crippen molar-refractivity contribution in [2.75, 3.05) is 0 Å². The second-order valence-electron chi connectivity index (χ2n) is 0.532. The molecule has 14 N–H and O–H groups in total. The molecule has 0 aliphatic heterocycles. The molecule has 0 saturated heterocycles. The van der Waals surface area contributed by atoms with Gasteiger partial charge in [-0.1, -0.05) is 0 Å². The van der Waals surface area contributed by atoms with Gasteiger partial charge in [-0.3, -0.25) is 0 Å². The number of carboxylic acid groups (broad SMARTS) is 4. The fourth-order valence-electron chi connectivity index (χ4n) is 0. The number of hydrogen-bond acceptors (Lipinski definition) is 4. The molecule has 0 aliphatic carbocycles. The molecule has 0 unspecified atom stereocenters. The molecule has 0 bridgehead atoms. The fourth-order valence-corrected chi connectivity index (χ4v) is 0. The van der Waals surface area contributed by atoms with Gasteiger partial charge >= 0.3 is 0 Å². The minimum absolute atomic E-state index is 0. The van der Waals surface area contributed by atoms with Crippen molar-refractivity contribution in [2.24, 2.45) is 0 Å². The Bertz CT molecular complexity index is 78.1. The third kappa shape index (κ3) is 898. The summed E-state index contributed by atoms with van der Waals surface area (Å²) in [7, 11) is 0. The zero-order valence-corrected chi connectivity index (χ0v) is 10.2. The Morgan fingerprint density at radius 2 is 0.846 bits per heavy atom. The average molecular weight is 260 g/mol. The summed E-state index contributed by atoms with van der Waals surface area (Å²) >= 11 is 0. The molecule has 13 heavy (non-hydrogen) atoms. The fraction of sp³-hybridized carbons (Fsp3) is 0. The molecule has 0 amide bonds. The van der Waals surface area contributed by atoms with E-state index in [0.717, 1.165) is 0 Å². The molecule has 0 aromatic carbocycles. The quantitative estimate of drug-likeness (QED) is 0.326. The van der Waals surface area contributed by atoms with Gasteiger partial charge in [0.25, 0.3) is 0 Å². The van der Waals surface area contributed by atoms with Gasteiger partial charge < -0.3 is 53.3 Å². The van der Waals surface area contributed by atoms with E-state index in [1.165, 1.54) is 0 Å². The number of rotatable bonds is 0. The number of carbonyl (C=O) groups is 2. The maximum atomic E-state index is 8.44. The summed E-state index contributed by atoms with van der Waals surface area (Å²) in [5, 5.41) is 30.6. The van der Waals surface area contributed by atoms with Gasteiger partial charge in [0, 0.05) is 19.5 Å². The summed E-state index contributed by atoms with van der Waals surface area (Å²) < 4.78 is 0.